The smallest absolute Gasteiger partial charge is 0.0499 e. The highest BCUT2D eigenvalue weighted by Crippen LogP contribution is 2.42. The van der Waals surface area contributed by atoms with Gasteiger partial charge in [0.25, 0.3) is 0 Å². The van der Waals surface area contributed by atoms with Crippen LogP contribution >= 0.6 is 0 Å². The molecule has 0 aliphatic heterocycles. The molecule has 0 unspecified atom stereocenters. The third-order valence-corrected chi connectivity index (χ3v) is 7.25. The molecule has 0 aliphatic rings. The van der Waals surface area contributed by atoms with Crippen molar-refractivity contribution in [1.82, 2.24) is 0 Å². The van der Waals surface area contributed by atoms with Gasteiger partial charge in [0.15, 0.2) is 0 Å². The molecule has 7 aromatic carbocycles. The van der Waals surface area contributed by atoms with Crippen molar-refractivity contribution in [3.8, 4) is 0 Å². The van der Waals surface area contributed by atoms with Gasteiger partial charge < -0.3 is 4.90 Å². The van der Waals surface area contributed by atoms with Gasteiger partial charge in [0.1, 0.15) is 0 Å². The summed E-state index contributed by atoms with van der Waals surface area (Å²) in [6.45, 7) is 4.57. The van der Waals surface area contributed by atoms with Crippen LogP contribution < -0.4 is 4.90 Å². The van der Waals surface area contributed by atoms with Gasteiger partial charge in [-0.05, 0) is 80.5 Å². The minimum Gasteiger partial charge on any atom is -0.338 e. The molecule has 0 aromatic heterocycles. The number of benzene rings is 7. The van der Waals surface area contributed by atoms with Crippen molar-refractivity contribution >= 4 is 65.2 Å². The lowest BCUT2D eigenvalue weighted by atomic mass is 9.93. The van der Waals surface area contributed by atoms with E-state index in [-0.39, 0.29) is 0 Å². The predicted octanol–water partition coefficient (Wildman–Crippen LogP) is 9.44. The lowest BCUT2D eigenvalue weighted by Crippen LogP contribution is -2.25. The Labute approximate surface area is 199 Å². The fourth-order valence-corrected chi connectivity index (χ4v) is 5.83. The molecule has 162 valence electrons. The number of hydrogen-bond donors (Lipinski definition) is 0. The summed E-state index contributed by atoms with van der Waals surface area (Å²) in [6, 6.07) is 40.6. The van der Waals surface area contributed by atoms with E-state index in [0.717, 1.165) is 0 Å². The molecule has 1 nitrogen and oxygen atoms in total. The fraction of sp³-hybridized carbons (Fsp3) is 0.0909. The number of anilines is 2. The van der Waals surface area contributed by atoms with Crippen LogP contribution in [0.25, 0.3) is 53.9 Å². The van der Waals surface area contributed by atoms with Crippen LogP contribution in [0.5, 0.6) is 0 Å². The Morgan fingerprint density at radius 3 is 1.68 bits per heavy atom. The summed E-state index contributed by atoms with van der Waals surface area (Å²) in [7, 11) is 0. The van der Waals surface area contributed by atoms with Crippen LogP contribution in [0.2, 0.25) is 0 Å². The summed E-state index contributed by atoms with van der Waals surface area (Å²) < 4.78 is 0. The van der Waals surface area contributed by atoms with Crippen LogP contribution in [0.3, 0.4) is 0 Å². The van der Waals surface area contributed by atoms with E-state index in [2.05, 4.69) is 128 Å². The van der Waals surface area contributed by atoms with E-state index >= 15 is 0 Å². The topological polar surface area (TPSA) is 3.24 Å². The third-order valence-electron chi connectivity index (χ3n) is 7.25. The lowest BCUT2D eigenvalue weighted by molar-refractivity contribution is 0.792. The average molecular weight is 436 g/mol. The van der Waals surface area contributed by atoms with Gasteiger partial charge in [-0.1, -0.05) is 91.0 Å². The van der Waals surface area contributed by atoms with E-state index in [1.54, 1.807) is 0 Å². The summed E-state index contributed by atoms with van der Waals surface area (Å²) in [5.41, 5.74) is 2.50. The Morgan fingerprint density at radius 2 is 1.00 bits per heavy atom. The van der Waals surface area contributed by atoms with Crippen LogP contribution in [0.1, 0.15) is 13.8 Å². The molecule has 0 saturated heterocycles. The molecule has 0 aliphatic carbocycles. The molecule has 0 atom stereocenters. The minimum atomic E-state index is 0.304. The van der Waals surface area contributed by atoms with Crippen molar-refractivity contribution in [3.63, 3.8) is 0 Å². The highest BCUT2D eigenvalue weighted by molar-refractivity contribution is 6.24. The minimum absolute atomic E-state index is 0.304. The SMILES string of the molecule is CC(C)N(c1cc2ccc3cccc4ccc(c1)c2c34)c1cc2ccccc2c2ccccc12. The first kappa shape index (κ1) is 19.4. The molecule has 0 radical (unpaired) electrons. The molecule has 0 heterocycles. The molecular formula is C33H25N. The largest absolute Gasteiger partial charge is 0.338 e. The van der Waals surface area contributed by atoms with Gasteiger partial charge in [-0.3, -0.25) is 0 Å². The molecule has 34 heavy (non-hydrogen) atoms. The molecule has 1 heteroatoms. The van der Waals surface area contributed by atoms with Crippen LogP contribution in [0.15, 0.2) is 109 Å². The second kappa shape index (κ2) is 7.20. The molecule has 7 rings (SSSR count). The normalized spacial score (nSPS) is 12.1. The average Bonchev–Trinajstić information content (AvgIpc) is 2.87. The molecule has 0 amide bonds. The molecule has 0 saturated carbocycles. The predicted molar refractivity (Wildman–Crippen MR) is 149 cm³/mol. The van der Waals surface area contributed by atoms with E-state index in [0.29, 0.717) is 6.04 Å². The van der Waals surface area contributed by atoms with Crippen LogP contribution in [-0.2, 0) is 0 Å². The van der Waals surface area contributed by atoms with Gasteiger partial charge in [0, 0.05) is 22.8 Å². The van der Waals surface area contributed by atoms with E-state index < -0.39 is 0 Å². The monoisotopic (exact) mass is 435 g/mol. The Morgan fingerprint density at radius 1 is 0.471 bits per heavy atom. The van der Waals surface area contributed by atoms with Crippen LogP contribution in [0, 0.1) is 0 Å². The summed E-state index contributed by atoms with van der Waals surface area (Å²) in [5.74, 6) is 0. The maximum Gasteiger partial charge on any atom is 0.0499 e. The number of rotatable bonds is 3. The molecule has 7 aromatic rings. The summed E-state index contributed by atoms with van der Waals surface area (Å²) >= 11 is 0. The first-order valence-corrected chi connectivity index (χ1v) is 12.1. The maximum atomic E-state index is 2.50. The van der Waals surface area contributed by atoms with Gasteiger partial charge in [-0.2, -0.15) is 0 Å². The molecular weight excluding hydrogens is 410 g/mol. The molecule has 0 bridgehead atoms. The Kier molecular flexibility index (Phi) is 4.10. The van der Waals surface area contributed by atoms with Crippen molar-refractivity contribution < 1.29 is 0 Å². The lowest BCUT2D eigenvalue weighted by Gasteiger charge is -2.31. The van der Waals surface area contributed by atoms with Gasteiger partial charge >= 0.3 is 0 Å². The zero-order valence-electron chi connectivity index (χ0n) is 19.4. The number of hydrogen-bond acceptors (Lipinski definition) is 1. The fourth-order valence-electron chi connectivity index (χ4n) is 5.83. The third kappa shape index (κ3) is 2.74. The molecule has 0 spiro atoms. The summed E-state index contributed by atoms with van der Waals surface area (Å²) in [5, 5.41) is 13.1. The van der Waals surface area contributed by atoms with Crippen molar-refractivity contribution in [2.24, 2.45) is 0 Å². The van der Waals surface area contributed by atoms with E-state index in [1.807, 2.05) is 0 Å². The van der Waals surface area contributed by atoms with Crippen LogP contribution in [-0.4, -0.2) is 6.04 Å². The van der Waals surface area contributed by atoms with Gasteiger partial charge in [0.05, 0.1) is 0 Å². The first-order chi connectivity index (χ1) is 16.7. The van der Waals surface area contributed by atoms with Gasteiger partial charge in [-0.15, -0.1) is 0 Å². The maximum absolute atomic E-state index is 2.50. The quantitative estimate of drug-likeness (QED) is 0.250. The zero-order valence-corrected chi connectivity index (χ0v) is 19.4. The van der Waals surface area contributed by atoms with Gasteiger partial charge in [-0.25, -0.2) is 0 Å². The van der Waals surface area contributed by atoms with Gasteiger partial charge in [0.2, 0.25) is 0 Å². The second-order valence-electron chi connectivity index (χ2n) is 9.60. The van der Waals surface area contributed by atoms with Crippen molar-refractivity contribution in [2.75, 3.05) is 4.90 Å². The Balaban J connectivity index is 1.54. The number of nitrogens with zero attached hydrogens (tertiary/aromatic N) is 1. The highest BCUT2D eigenvalue weighted by Gasteiger charge is 2.19. The Hall–Kier alpha value is -4.10. The summed E-state index contributed by atoms with van der Waals surface area (Å²) in [4.78, 5) is 2.50. The van der Waals surface area contributed by atoms with E-state index in [9.17, 15) is 0 Å². The Bertz CT molecular complexity index is 1780. The zero-order chi connectivity index (χ0) is 22.8. The number of fused-ring (bicyclic) bond motifs is 3. The van der Waals surface area contributed by atoms with E-state index in [1.165, 1.54) is 65.2 Å². The van der Waals surface area contributed by atoms with Crippen molar-refractivity contribution in [1.29, 1.82) is 0 Å². The summed E-state index contributed by atoms with van der Waals surface area (Å²) in [6.07, 6.45) is 0. The van der Waals surface area contributed by atoms with Crippen LogP contribution in [0.4, 0.5) is 11.4 Å². The van der Waals surface area contributed by atoms with Crippen molar-refractivity contribution in [3.05, 3.63) is 109 Å². The molecule has 0 fully saturated rings. The first-order valence-electron chi connectivity index (χ1n) is 12.1. The van der Waals surface area contributed by atoms with E-state index in [4.69, 9.17) is 0 Å². The molecule has 0 N–H and O–H groups in total. The second-order valence-corrected chi connectivity index (χ2v) is 9.60. The highest BCUT2D eigenvalue weighted by atomic mass is 15.2. The standard InChI is InChI=1S/C33H25N/c1-21(2)34(31-20-24-8-3-4-11-28(24)29-12-5-6-13-30(29)31)27-18-25-16-14-22-9-7-10-23-15-17-26(19-27)33(25)32(22)23/h3-21H,1-2H3. The van der Waals surface area contributed by atoms with Crippen molar-refractivity contribution in [2.45, 2.75) is 19.9 Å².